The predicted molar refractivity (Wildman–Crippen MR) is 92.4 cm³/mol. The first-order valence-corrected chi connectivity index (χ1v) is 9.13. The number of ether oxygens (including phenoxy) is 1. The molecular weight excluding hydrogens is 276 g/mol. The van der Waals surface area contributed by atoms with E-state index in [4.69, 9.17) is 4.74 Å². The van der Waals surface area contributed by atoms with Gasteiger partial charge in [0, 0.05) is 39.8 Å². The highest BCUT2D eigenvalue weighted by Gasteiger charge is 2.13. The first-order chi connectivity index (χ1) is 10.9. The van der Waals surface area contributed by atoms with Crippen LogP contribution in [0.3, 0.4) is 0 Å². The summed E-state index contributed by atoms with van der Waals surface area (Å²) in [5, 5.41) is 6.85. The highest BCUT2D eigenvalue weighted by Crippen LogP contribution is 2.26. The van der Waals surface area contributed by atoms with Crippen molar-refractivity contribution in [2.75, 3.05) is 53.0 Å². The van der Waals surface area contributed by atoms with Gasteiger partial charge in [-0.05, 0) is 18.8 Å². The molecule has 1 saturated carbocycles. The van der Waals surface area contributed by atoms with Gasteiger partial charge in [-0.3, -0.25) is 9.89 Å². The maximum atomic E-state index is 5.37. The summed E-state index contributed by atoms with van der Waals surface area (Å²) in [6.45, 7) is 6.88. The molecule has 2 N–H and O–H groups in total. The number of guanidine groups is 1. The van der Waals surface area contributed by atoms with Gasteiger partial charge in [-0.1, -0.05) is 32.1 Å². The van der Waals surface area contributed by atoms with Crippen LogP contribution in [0, 0.1) is 5.92 Å². The summed E-state index contributed by atoms with van der Waals surface area (Å²) in [5.74, 6) is 1.92. The Bertz CT molecular complexity index is 310. The van der Waals surface area contributed by atoms with Crippen LogP contribution in [0.25, 0.3) is 0 Å². The summed E-state index contributed by atoms with van der Waals surface area (Å²) in [5.41, 5.74) is 0. The van der Waals surface area contributed by atoms with Crippen molar-refractivity contribution in [3.63, 3.8) is 0 Å². The number of hydrogen-bond acceptors (Lipinski definition) is 3. The Labute approximate surface area is 135 Å². The Morgan fingerprint density at radius 3 is 2.55 bits per heavy atom. The van der Waals surface area contributed by atoms with Gasteiger partial charge in [-0.2, -0.15) is 0 Å². The lowest BCUT2D eigenvalue weighted by Crippen LogP contribution is -2.44. The van der Waals surface area contributed by atoms with E-state index in [1.807, 2.05) is 7.05 Å². The monoisotopic (exact) mass is 310 g/mol. The van der Waals surface area contributed by atoms with Crippen LogP contribution >= 0.6 is 0 Å². The summed E-state index contributed by atoms with van der Waals surface area (Å²) in [7, 11) is 1.85. The van der Waals surface area contributed by atoms with E-state index >= 15 is 0 Å². The molecule has 22 heavy (non-hydrogen) atoms. The third-order valence-electron chi connectivity index (χ3n) is 4.85. The second kappa shape index (κ2) is 10.8. The Kier molecular flexibility index (Phi) is 8.64. The molecule has 2 fully saturated rings. The fourth-order valence-electron chi connectivity index (χ4n) is 3.45. The zero-order chi connectivity index (χ0) is 15.5. The number of nitrogens with one attached hydrogen (secondary N) is 2. The van der Waals surface area contributed by atoms with E-state index in [-0.39, 0.29) is 0 Å². The molecular formula is C17H34N4O. The number of rotatable bonds is 7. The summed E-state index contributed by atoms with van der Waals surface area (Å²) in [6.07, 6.45) is 9.88. The van der Waals surface area contributed by atoms with Gasteiger partial charge in [-0.25, -0.2) is 0 Å². The van der Waals surface area contributed by atoms with Gasteiger partial charge < -0.3 is 15.4 Å². The lowest BCUT2D eigenvalue weighted by molar-refractivity contribution is 0.0389. The molecule has 0 atom stereocenters. The van der Waals surface area contributed by atoms with E-state index in [2.05, 4.69) is 20.5 Å². The van der Waals surface area contributed by atoms with Crippen molar-refractivity contribution in [3.8, 4) is 0 Å². The molecule has 2 aliphatic rings. The van der Waals surface area contributed by atoms with Crippen LogP contribution in [0.5, 0.6) is 0 Å². The number of nitrogens with zero attached hydrogens (tertiary/aromatic N) is 2. The van der Waals surface area contributed by atoms with E-state index in [0.717, 1.165) is 57.8 Å². The number of morpholine rings is 1. The Morgan fingerprint density at radius 2 is 1.82 bits per heavy atom. The van der Waals surface area contributed by atoms with Gasteiger partial charge in [-0.15, -0.1) is 0 Å². The lowest BCUT2D eigenvalue weighted by atomic mass is 9.86. The third-order valence-corrected chi connectivity index (χ3v) is 4.85. The van der Waals surface area contributed by atoms with Crippen molar-refractivity contribution in [1.82, 2.24) is 15.5 Å². The first kappa shape index (κ1) is 17.5. The number of aliphatic imine (C=N–C) groups is 1. The molecule has 0 radical (unpaired) electrons. The molecule has 0 aromatic carbocycles. The molecule has 1 saturated heterocycles. The molecule has 0 unspecified atom stereocenters. The Hall–Kier alpha value is -0.810. The largest absolute Gasteiger partial charge is 0.379 e. The molecule has 1 aliphatic carbocycles. The van der Waals surface area contributed by atoms with Crippen molar-refractivity contribution >= 4 is 5.96 Å². The molecule has 0 aromatic rings. The lowest BCUT2D eigenvalue weighted by Gasteiger charge is -2.26. The van der Waals surface area contributed by atoms with Gasteiger partial charge in [0.25, 0.3) is 0 Å². The Balaban J connectivity index is 1.49. The summed E-state index contributed by atoms with van der Waals surface area (Å²) in [4.78, 5) is 6.74. The molecule has 1 heterocycles. The predicted octanol–water partition coefficient (Wildman–Crippen LogP) is 1.84. The van der Waals surface area contributed by atoms with Gasteiger partial charge in [0.15, 0.2) is 5.96 Å². The molecule has 0 amide bonds. The van der Waals surface area contributed by atoms with Gasteiger partial charge in [0.2, 0.25) is 0 Å². The van der Waals surface area contributed by atoms with E-state index < -0.39 is 0 Å². The fraction of sp³-hybridized carbons (Fsp3) is 0.941. The molecule has 0 bridgehead atoms. The molecule has 2 rings (SSSR count). The highest BCUT2D eigenvalue weighted by atomic mass is 16.5. The topological polar surface area (TPSA) is 48.9 Å². The van der Waals surface area contributed by atoms with Crippen molar-refractivity contribution in [2.45, 2.75) is 44.9 Å². The standard InChI is InChI=1S/C17H34N4O/c1-18-17(20-10-11-21-12-14-22-15-13-21)19-9-5-8-16-6-3-2-4-7-16/h16H,2-15H2,1H3,(H2,18,19,20). The van der Waals surface area contributed by atoms with Crippen LogP contribution in [-0.4, -0.2) is 63.8 Å². The normalized spacial score (nSPS) is 21.8. The number of hydrogen-bond donors (Lipinski definition) is 2. The SMILES string of the molecule is CN=C(NCCCC1CCCCC1)NCCN1CCOCC1. The minimum Gasteiger partial charge on any atom is -0.379 e. The molecule has 0 aromatic heterocycles. The van der Waals surface area contributed by atoms with E-state index in [9.17, 15) is 0 Å². The van der Waals surface area contributed by atoms with Gasteiger partial charge in [0.05, 0.1) is 13.2 Å². The van der Waals surface area contributed by atoms with Crippen molar-refractivity contribution in [1.29, 1.82) is 0 Å². The summed E-state index contributed by atoms with van der Waals surface area (Å²) >= 11 is 0. The van der Waals surface area contributed by atoms with Crippen molar-refractivity contribution < 1.29 is 4.74 Å². The van der Waals surface area contributed by atoms with Crippen LogP contribution in [-0.2, 0) is 4.74 Å². The molecule has 1 aliphatic heterocycles. The fourth-order valence-corrected chi connectivity index (χ4v) is 3.45. The van der Waals surface area contributed by atoms with E-state index in [1.165, 1.54) is 44.9 Å². The average molecular weight is 310 g/mol. The molecule has 128 valence electrons. The first-order valence-electron chi connectivity index (χ1n) is 9.13. The van der Waals surface area contributed by atoms with Crippen LogP contribution in [0.2, 0.25) is 0 Å². The minimum atomic E-state index is 0.869. The maximum Gasteiger partial charge on any atom is 0.191 e. The van der Waals surface area contributed by atoms with Crippen molar-refractivity contribution in [2.24, 2.45) is 10.9 Å². The smallest absolute Gasteiger partial charge is 0.191 e. The average Bonchev–Trinajstić information content (AvgIpc) is 2.59. The van der Waals surface area contributed by atoms with Crippen molar-refractivity contribution in [3.05, 3.63) is 0 Å². The zero-order valence-corrected chi connectivity index (χ0v) is 14.3. The molecule has 5 heteroatoms. The highest BCUT2D eigenvalue weighted by molar-refractivity contribution is 5.79. The van der Waals surface area contributed by atoms with Crippen LogP contribution < -0.4 is 10.6 Å². The summed E-state index contributed by atoms with van der Waals surface area (Å²) in [6, 6.07) is 0. The quantitative estimate of drug-likeness (QED) is 0.428. The minimum absolute atomic E-state index is 0.869. The zero-order valence-electron chi connectivity index (χ0n) is 14.3. The second-order valence-corrected chi connectivity index (χ2v) is 6.53. The van der Waals surface area contributed by atoms with E-state index in [1.54, 1.807) is 0 Å². The third kappa shape index (κ3) is 6.97. The van der Waals surface area contributed by atoms with Crippen LogP contribution in [0.1, 0.15) is 44.9 Å². The molecule has 0 spiro atoms. The van der Waals surface area contributed by atoms with Crippen LogP contribution in [0.4, 0.5) is 0 Å². The Morgan fingerprint density at radius 1 is 1.09 bits per heavy atom. The van der Waals surface area contributed by atoms with Crippen LogP contribution in [0.15, 0.2) is 4.99 Å². The summed E-state index contributed by atoms with van der Waals surface area (Å²) < 4.78 is 5.37. The van der Waals surface area contributed by atoms with E-state index in [0.29, 0.717) is 0 Å². The molecule has 5 nitrogen and oxygen atoms in total. The maximum absolute atomic E-state index is 5.37. The van der Waals surface area contributed by atoms with Gasteiger partial charge in [0.1, 0.15) is 0 Å². The van der Waals surface area contributed by atoms with Gasteiger partial charge >= 0.3 is 0 Å². The second-order valence-electron chi connectivity index (χ2n) is 6.53.